The Balaban J connectivity index is 2.08. The summed E-state index contributed by atoms with van der Waals surface area (Å²) in [6.07, 6.45) is 1.31. The van der Waals surface area contributed by atoms with Crippen LogP contribution in [0.4, 0.5) is 10.5 Å². The molecule has 7 heteroatoms. The van der Waals surface area contributed by atoms with Crippen molar-refractivity contribution in [3.05, 3.63) is 18.2 Å². The molecular weight excluding hydrogens is 298 g/mol. The first-order valence-corrected chi connectivity index (χ1v) is 7.72. The van der Waals surface area contributed by atoms with Crippen LogP contribution in [-0.4, -0.2) is 31.2 Å². The van der Waals surface area contributed by atoms with E-state index in [1.54, 1.807) is 18.2 Å². The summed E-state index contributed by atoms with van der Waals surface area (Å²) in [6.45, 7) is 5.12. The molecule has 0 bridgehead atoms. The molecule has 0 radical (unpaired) electrons. The molecule has 3 amide bonds. The van der Waals surface area contributed by atoms with Crippen molar-refractivity contribution in [1.82, 2.24) is 5.32 Å². The molecule has 0 saturated carbocycles. The standard InChI is InChI=1S/C16H23N3O4/c1-10(2)8-12(19-16(17)21)15(20)18-11-4-5-13-14(9-11)23-7-3-6-22-13/h4-5,9-10,12H,3,6-8H2,1-2H3,(H,18,20)(H3,17,19,21). The second-order valence-corrected chi connectivity index (χ2v) is 5.89. The highest BCUT2D eigenvalue weighted by atomic mass is 16.5. The summed E-state index contributed by atoms with van der Waals surface area (Å²) < 4.78 is 11.1. The Morgan fingerprint density at radius 3 is 2.57 bits per heavy atom. The number of benzene rings is 1. The lowest BCUT2D eigenvalue weighted by Crippen LogP contribution is -2.46. The van der Waals surface area contributed by atoms with Crippen molar-refractivity contribution in [3.63, 3.8) is 0 Å². The van der Waals surface area contributed by atoms with E-state index in [9.17, 15) is 9.59 Å². The van der Waals surface area contributed by atoms with Gasteiger partial charge in [0.15, 0.2) is 11.5 Å². The number of ether oxygens (including phenoxy) is 2. The van der Waals surface area contributed by atoms with Crippen molar-refractivity contribution in [1.29, 1.82) is 0 Å². The summed E-state index contributed by atoms with van der Waals surface area (Å²) in [5.41, 5.74) is 5.72. The number of nitrogens with two attached hydrogens (primary N) is 1. The van der Waals surface area contributed by atoms with Gasteiger partial charge in [-0.15, -0.1) is 0 Å². The van der Waals surface area contributed by atoms with Gasteiger partial charge in [0.25, 0.3) is 0 Å². The van der Waals surface area contributed by atoms with Crippen molar-refractivity contribution >= 4 is 17.6 Å². The first-order chi connectivity index (χ1) is 11.0. The van der Waals surface area contributed by atoms with Crippen LogP contribution in [0.25, 0.3) is 0 Å². The number of fused-ring (bicyclic) bond motifs is 1. The highest BCUT2D eigenvalue weighted by Crippen LogP contribution is 2.32. The normalized spacial score (nSPS) is 14.7. The average Bonchev–Trinajstić information content (AvgIpc) is 2.70. The van der Waals surface area contributed by atoms with Crippen LogP contribution in [0.2, 0.25) is 0 Å². The third-order valence-electron chi connectivity index (χ3n) is 3.36. The minimum absolute atomic E-state index is 0.237. The molecule has 1 unspecified atom stereocenters. The number of amides is 3. The third kappa shape index (κ3) is 5.05. The van der Waals surface area contributed by atoms with Gasteiger partial charge in [-0.25, -0.2) is 4.79 Å². The van der Waals surface area contributed by atoms with E-state index < -0.39 is 12.1 Å². The van der Waals surface area contributed by atoms with Gasteiger partial charge in [0.05, 0.1) is 13.2 Å². The number of nitrogens with one attached hydrogen (secondary N) is 2. The van der Waals surface area contributed by atoms with Crippen molar-refractivity contribution in [2.24, 2.45) is 11.7 Å². The molecule has 1 aliphatic rings. The number of urea groups is 1. The molecule has 0 saturated heterocycles. The molecule has 4 N–H and O–H groups in total. The Morgan fingerprint density at radius 2 is 1.91 bits per heavy atom. The monoisotopic (exact) mass is 321 g/mol. The highest BCUT2D eigenvalue weighted by molar-refractivity contribution is 5.97. The molecule has 1 aliphatic heterocycles. The molecule has 0 spiro atoms. The third-order valence-corrected chi connectivity index (χ3v) is 3.36. The quantitative estimate of drug-likeness (QED) is 0.770. The molecule has 1 aromatic rings. The van der Waals surface area contributed by atoms with E-state index in [2.05, 4.69) is 10.6 Å². The first-order valence-electron chi connectivity index (χ1n) is 7.72. The molecule has 2 rings (SSSR count). The lowest BCUT2D eigenvalue weighted by Gasteiger charge is -2.19. The number of anilines is 1. The fourth-order valence-electron chi connectivity index (χ4n) is 2.35. The summed E-state index contributed by atoms with van der Waals surface area (Å²) in [5.74, 6) is 1.19. The molecule has 7 nitrogen and oxygen atoms in total. The van der Waals surface area contributed by atoms with E-state index in [0.717, 1.165) is 6.42 Å². The number of carbonyl (C=O) groups is 2. The highest BCUT2D eigenvalue weighted by Gasteiger charge is 2.21. The van der Waals surface area contributed by atoms with Crippen LogP contribution in [0.1, 0.15) is 26.7 Å². The molecular formula is C16H23N3O4. The van der Waals surface area contributed by atoms with Gasteiger partial charge in [-0.05, 0) is 24.5 Å². The predicted octanol–water partition coefficient (Wildman–Crippen LogP) is 1.87. The molecule has 0 aromatic heterocycles. The lowest BCUT2D eigenvalue weighted by molar-refractivity contribution is -0.118. The maximum atomic E-state index is 12.4. The SMILES string of the molecule is CC(C)CC(NC(N)=O)C(=O)Nc1ccc2c(c1)OCCCO2. The smallest absolute Gasteiger partial charge is 0.312 e. The Kier molecular flexibility index (Phi) is 5.67. The van der Waals surface area contributed by atoms with Crippen molar-refractivity contribution in [2.45, 2.75) is 32.7 Å². The minimum Gasteiger partial charge on any atom is -0.490 e. The fraction of sp³-hybridized carbons (Fsp3) is 0.500. The summed E-state index contributed by atoms with van der Waals surface area (Å²) in [7, 11) is 0. The van der Waals surface area contributed by atoms with Crippen LogP contribution < -0.4 is 25.8 Å². The molecule has 23 heavy (non-hydrogen) atoms. The van der Waals surface area contributed by atoms with Gasteiger partial charge >= 0.3 is 6.03 Å². The predicted molar refractivity (Wildman–Crippen MR) is 86.6 cm³/mol. The summed E-state index contributed by atoms with van der Waals surface area (Å²) in [6, 6.07) is 3.82. The van der Waals surface area contributed by atoms with Gasteiger partial charge in [-0.2, -0.15) is 0 Å². The lowest BCUT2D eigenvalue weighted by atomic mass is 10.0. The van der Waals surface area contributed by atoms with E-state index in [4.69, 9.17) is 15.2 Å². The average molecular weight is 321 g/mol. The second-order valence-electron chi connectivity index (χ2n) is 5.89. The van der Waals surface area contributed by atoms with Gasteiger partial charge < -0.3 is 25.8 Å². The zero-order valence-corrected chi connectivity index (χ0v) is 13.4. The van der Waals surface area contributed by atoms with Crippen molar-refractivity contribution < 1.29 is 19.1 Å². The van der Waals surface area contributed by atoms with Crippen LogP contribution in [-0.2, 0) is 4.79 Å². The molecule has 126 valence electrons. The van der Waals surface area contributed by atoms with E-state index in [1.165, 1.54) is 0 Å². The summed E-state index contributed by atoms with van der Waals surface area (Å²) in [4.78, 5) is 23.4. The Labute approximate surface area is 135 Å². The topological polar surface area (TPSA) is 103 Å². The van der Waals surface area contributed by atoms with Crippen molar-refractivity contribution in [3.8, 4) is 11.5 Å². The second kappa shape index (κ2) is 7.71. The number of primary amides is 1. The van der Waals surface area contributed by atoms with E-state index in [-0.39, 0.29) is 11.8 Å². The van der Waals surface area contributed by atoms with Crippen LogP contribution in [0, 0.1) is 5.92 Å². The van der Waals surface area contributed by atoms with Crippen LogP contribution in [0.5, 0.6) is 11.5 Å². The molecule has 1 atom stereocenters. The van der Waals surface area contributed by atoms with Gasteiger partial charge in [-0.3, -0.25) is 4.79 Å². The van der Waals surface area contributed by atoms with E-state index >= 15 is 0 Å². The van der Waals surface area contributed by atoms with Crippen molar-refractivity contribution in [2.75, 3.05) is 18.5 Å². The fourth-order valence-corrected chi connectivity index (χ4v) is 2.35. The largest absolute Gasteiger partial charge is 0.490 e. The van der Waals surface area contributed by atoms with E-state index in [0.29, 0.717) is 36.8 Å². The van der Waals surface area contributed by atoms with Gasteiger partial charge in [0.1, 0.15) is 6.04 Å². The summed E-state index contributed by atoms with van der Waals surface area (Å²) in [5, 5.41) is 5.25. The van der Waals surface area contributed by atoms with Crippen LogP contribution in [0.15, 0.2) is 18.2 Å². The van der Waals surface area contributed by atoms with Crippen LogP contribution >= 0.6 is 0 Å². The van der Waals surface area contributed by atoms with Gasteiger partial charge in [0.2, 0.25) is 5.91 Å². The van der Waals surface area contributed by atoms with E-state index in [1.807, 2.05) is 13.8 Å². The number of hydrogen-bond donors (Lipinski definition) is 3. The Morgan fingerprint density at radius 1 is 1.22 bits per heavy atom. The summed E-state index contributed by atoms with van der Waals surface area (Å²) >= 11 is 0. The van der Waals surface area contributed by atoms with Gasteiger partial charge in [-0.1, -0.05) is 13.8 Å². The Bertz CT molecular complexity index is 574. The Hall–Kier alpha value is -2.44. The maximum Gasteiger partial charge on any atom is 0.312 e. The molecule has 0 fully saturated rings. The van der Waals surface area contributed by atoms with Gasteiger partial charge in [0, 0.05) is 18.2 Å². The van der Waals surface area contributed by atoms with Crippen LogP contribution in [0.3, 0.4) is 0 Å². The zero-order chi connectivity index (χ0) is 16.8. The number of hydrogen-bond acceptors (Lipinski definition) is 4. The zero-order valence-electron chi connectivity index (χ0n) is 13.4. The number of carbonyl (C=O) groups excluding carboxylic acids is 2. The maximum absolute atomic E-state index is 12.4. The minimum atomic E-state index is -0.718. The molecule has 1 heterocycles. The number of rotatable bonds is 5. The molecule has 0 aliphatic carbocycles. The molecule has 1 aromatic carbocycles. The first kappa shape index (κ1) is 16.9.